The van der Waals surface area contributed by atoms with Crippen LogP contribution in [0.1, 0.15) is 40.9 Å². The molecule has 0 aromatic heterocycles. The number of hydrogen-bond donors (Lipinski definition) is 0. The summed E-state index contributed by atoms with van der Waals surface area (Å²) in [6.07, 6.45) is 1.70. The smallest absolute Gasteiger partial charge is 0.231 e. The maximum absolute atomic E-state index is 12.9. The Labute approximate surface area is 164 Å². The van der Waals surface area contributed by atoms with Gasteiger partial charge in [-0.25, -0.2) is 0 Å². The molecule has 5 heteroatoms. The molecule has 0 aliphatic carbocycles. The van der Waals surface area contributed by atoms with Crippen LogP contribution in [0.2, 0.25) is 5.02 Å². The van der Waals surface area contributed by atoms with E-state index in [1.807, 2.05) is 31.2 Å². The summed E-state index contributed by atoms with van der Waals surface area (Å²) in [6, 6.07) is 9.31. The molecule has 0 amide bonds. The minimum atomic E-state index is -0.114. The van der Waals surface area contributed by atoms with Crippen LogP contribution in [0, 0.1) is 12.8 Å². The van der Waals surface area contributed by atoms with Crippen LogP contribution in [0.5, 0.6) is 11.5 Å². The molecule has 0 saturated heterocycles. The van der Waals surface area contributed by atoms with Crippen molar-refractivity contribution in [2.24, 2.45) is 5.92 Å². The zero-order valence-electron chi connectivity index (χ0n) is 15.7. The topological polar surface area (TPSA) is 38.8 Å². The molecular formula is C22H22ClNO3. The van der Waals surface area contributed by atoms with E-state index < -0.39 is 0 Å². The van der Waals surface area contributed by atoms with Crippen LogP contribution in [0.25, 0.3) is 6.08 Å². The minimum absolute atomic E-state index is 0.114. The Balaban J connectivity index is 1.69. The van der Waals surface area contributed by atoms with E-state index in [1.54, 1.807) is 12.1 Å². The second-order valence-corrected chi connectivity index (χ2v) is 7.91. The highest BCUT2D eigenvalue weighted by atomic mass is 35.5. The lowest BCUT2D eigenvalue weighted by atomic mass is 9.99. The van der Waals surface area contributed by atoms with Gasteiger partial charge in [0.2, 0.25) is 5.78 Å². The number of hydrogen-bond acceptors (Lipinski definition) is 4. The van der Waals surface area contributed by atoms with E-state index in [0.29, 0.717) is 34.7 Å². The average Bonchev–Trinajstić information content (AvgIpc) is 2.93. The Hall–Kier alpha value is -2.30. The lowest BCUT2D eigenvalue weighted by Crippen LogP contribution is -2.35. The van der Waals surface area contributed by atoms with Gasteiger partial charge in [-0.2, -0.15) is 0 Å². The van der Waals surface area contributed by atoms with Crippen molar-refractivity contribution >= 4 is 23.5 Å². The summed E-state index contributed by atoms with van der Waals surface area (Å²) in [6.45, 7) is 8.61. The van der Waals surface area contributed by atoms with Crippen LogP contribution in [0.3, 0.4) is 0 Å². The maximum atomic E-state index is 12.9. The van der Waals surface area contributed by atoms with Crippen molar-refractivity contribution in [1.29, 1.82) is 0 Å². The monoisotopic (exact) mass is 383 g/mol. The quantitative estimate of drug-likeness (QED) is 0.693. The van der Waals surface area contributed by atoms with Crippen molar-refractivity contribution in [3.63, 3.8) is 0 Å². The van der Waals surface area contributed by atoms with Crippen molar-refractivity contribution in [3.8, 4) is 11.5 Å². The number of nitrogens with zero attached hydrogens (tertiary/aromatic N) is 1. The third-order valence-corrected chi connectivity index (χ3v) is 5.16. The van der Waals surface area contributed by atoms with Crippen LogP contribution in [-0.2, 0) is 6.54 Å². The van der Waals surface area contributed by atoms with Crippen LogP contribution in [0.4, 0.5) is 0 Å². The average molecular weight is 384 g/mol. The van der Waals surface area contributed by atoms with Crippen molar-refractivity contribution in [3.05, 3.63) is 63.4 Å². The first-order valence-corrected chi connectivity index (χ1v) is 9.52. The number of ether oxygens (including phenoxy) is 2. The molecule has 0 fully saturated rings. The molecule has 2 heterocycles. The number of halogens is 1. The Morgan fingerprint density at radius 2 is 2.04 bits per heavy atom. The molecule has 0 atom stereocenters. The van der Waals surface area contributed by atoms with Gasteiger partial charge in [-0.15, -0.1) is 0 Å². The van der Waals surface area contributed by atoms with E-state index in [0.717, 1.165) is 35.5 Å². The second kappa shape index (κ2) is 7.02. The summed E-state index contributed by atoms with van der Waals surface area (Å²) in [7, 11) is 0. The summed E-state index contributed by atoms with van der Waals surface area (Å²) in [5.74, 6) is 2.16. The Morgan fingerprint density at radius 1 is 1.26 bits per heavy atom. The first-order valence-electron chi connectivity index (χ1n) is 9.14. The summed E-state index contributed by atoms with van der Waals surface area (Å²) >= 11 is 6.22. The van der Waals surface area contributed by atoms with E-state index in [1.165, 1.54) is 0 Å². The lowest BCUT2D eigenvalue weighted by Gasteiger charge is -2.31. The van der Waals surface area contributed by atoms with Gasteiger partial charge in [-0.3, -0.25) is 9.69 Å². The molecule has 2 aromatic rings. The van der Waals surface area contributed by atoms with Crippen molar-refractivity contribution in [1.82, 2.24) is 4.90 Å². The zero-order valence-corrected chi connectivity index (χ0v) is 16.5. The fraction of sp³-hybridized carbons (Fsp3) is 0.318. The molecule has 0 radical (unpaired) electrons. The van der Waals surface area contributed by atoms with Gasteiger partial charge in [-0.05, 0) is 36.6 Å². The number of ketones is 1. The first-order chi connectivity index (χ1) is 12.9. The summed E-state index contributed by atoms with van der Waals surface area (Å²) in [4.78, 5) is 15.2. The van der Waals surface area contributed by atoms with Crippen molar-refractivity contribution in [2.45, 2.75) is 27.3 Å². The molecule has 0 N–H and O–H groups in total. The number of benzene rings is 2. The largest absolute Gasteiger partial charge is 0.477 e. The summed E-state index contributed by atoms with van der Waals surface area (Å²) in [5, 5.41) is 0.584. The number of Topliss-reactive ketones (excluding diaryl/α,β-unsaturated/α-hetero) is 1. The van der Waals surface area contributed by atoms with Crippen LogP contribution >= 0.6 is 11.6 Å². The number of carbonyl (C=O) groups excluding carboxylic acids is 1. The first kappa shape index (κ1) is 18.1. The molecule has 2 aliphatic rings. The normalized spacial score (nSPS) is 17.7. The highest BCUT2D eigenvalue weighted by Crippen LogP contribution is 2.43. The molecule has 0 bridgehead atoms. The Kier molecular flexibility index (Phi) is 4.70. The molecule has 2 aromatic carbocycles. The van der Waals surface area contributed by atoms with Gasteiger partial charge >= 0.3 is 0 Å². The molecule has 140 valence electrons. The highest BCUT2D eigenvalue weighted by molar-refractivity contribution is 6.32. The van der Waals surface area contributed by atoms with E-state index >= 15 is 0 Å². The molecular weight excluding hydrogens is 362 g/mol. The molecule has 4 rings (SSSR count). The standard InChI is InChI=1S/C22H22ClNO3/c1-13(2)10-24-11-16-8-17-20(25)19(9-15-6-4-5-7-18(15)23)27-22(17)14(3)21(16)26-12-24/h4-9,13H,10-12H2,1-3H3/b19-9-. The number of rotatable bonds is 3. The minimum Gasteiger partial charge on any atom is -0.477 e. The number of fused-ring (bicyclic) bond motifs is 2. The van der Waals surface area contributed by atoms with Gasteiger partial charge in [0.25, 0.3) is 0 Å². The second-order valence-electron chi connectivity index (χ2n) is 7.51. The van der Waals surface area contributed by atoms with Crippen LogP contribution < -0.4 is 9.47 Å². The molecule has 0 saturated carbocycles. The molecule has 2 aliphatic heterocycles. The van der Waals surface area contributed by atoms with Crippen molar-refractivity contribution < 1.29 is 14.3 Å². The van der Waals surface area contributed by atoms with Gasteiger partial charge < -0.3 is 9.47 Å². The van der Waals surface area contributed by atoms with Gasteiger partial charge in [0.15, 0.2) is 5.76 Å². The third-order valence-electron chi connectivity index (χ3n) is 4.82. The fourth-order valence-corrected chi connectivity index (χ4v) is 3.85. The van der Waals surface area contributed by atoms with Gasteiger partial charge in [-0.1, -0.05) is 43.6 Å². The molecule has 4 nitrogen and oxygen atoms in total. The molecule has 27 heavy (non-hydrogen) atoms. The van der Waals surface area contributed by atoms with Crippen molar-refractivity contribution in [2.75, 3.05) is 13.3 Å². The fourth-order valence-electron chi connectivity index (χ4n) is 3.66. The predicted octanol–water partition coefficient (Wildman–Crippen LogP) is 5.07. The lowest BCUT2D eigenvalue weighted by molar-refractivity contribution is 0.0835. The Morgan fingerprint density at radius 3 is 2.78 bits per heavy atom. The molecule has 0 unspecified atom stereocenters. The highest BCUT2D eigenvalue weighted by Gasteiger charge is 2.33. The van der Waals surface area contributed by atoms with E-state index in [9.17, 15) is 4.79 Å². The van der Waals surface area contributed by atoms with E-state index in [4.69, 9.17) is 21.1 Å². The maximum Gasteiger partial charge on any atom is 0.231 e. The SMILES string of the molecule is Cc1c2c(cc3c1O/C(=C\c1ccccc1Cl)C3=O)CN(CC(C)C)CO2. The summed E-state index contributed by atoms with van der Waals surface area (Å²) in [5.41, 5.74) is 3.27. The van der Waals surface area contributed by atoms with Gasteiger partial charge in [0.1, 0.15) is 18.2 Å². The number of allylic oxidation sites excluding steroid dienone is 1. The van der Waals surface area contributed by atoms with Crippen LogP contribution in [-0.4, -0.2) is 24.0 Å². The third kappa shape index (κ3) is 3.35. The van der Waals surface area contributed by atoms with Gasteiger partial charge in [0, 0.05) is 29.2 Å². The van der Waals surface area contributed by atoms with E-state index in [2.05, 4.69) is 18.7 Å². The summed E-state index contributed by atoms with van der Waals surface area (Å²) < 4.78 is 11.9. The van der Waals surface area contributed by atoms with Gasteiger partial charge in [0.05, 0.1) is 5.56 Å². The zero-order chi connectivity index (χ0) is 19.1. The Bertz CT molecular complexity index is 949. The predicted molar refractivity (Wildman–Crippen MR) is 106 cm³/mol. The molecule has 0 spiro atoms. The van der Waals surface area contributed by atoms with Crippen LogP contribution in [0.15, 0.2) is 36.1 Å². The van der Waals surface area contributed by atoms with E-state index in [-0.39, 0.29) is 5.78 Å². The number of carbonyl (C=O) groups is 1.